The molecule has 2 amide bonds. The fraction of sp³-hybridized carbons (Fsp3) is 0.278. The van der Waals surface area contributed by atoms with Crippen molar-refractivity contribution in [2.45, 2.75) is 0 Å². The predicted octanol–water partition coefficient (Wildman–Crippen LogP) is 2.91. The van der Waals surface area contributed by atoms with Gasteiger partial charge in [-0.1, -0.05) is 6.07 Å². The summed E-state index contributed by atoms with van der Waals surface area (Å²) in [5.41, 5.74) is 0.675. The van der Waals surface area contributed by atoms with Gasteiger partial charge in [0.05, 0.1) is 27.9 Å². The Labute approximate surface area is 146 Å². The Balaban J connectivity index is 1.78. The fourth-order valence-corrected chi connectivity index (χ4v) is 2.15. The molecule has 0 unspecified atom stereocenters. The molecule has 2 aromatic carbocycles. The lowest BCUT2D eigenvalue weighted by molar-refractivity contribution is 0.245. The third-order valence-corrected chi connectivity index (χ3v) is 3.36. The first-order valence-electron chi connectivity index (χ1n) is 7.70. The molecule has 7 heteroatoms. The Morgan fingerprint density at radius 2 is 1.64 bits per heavy atom. The number of carbonyl (C=O) groups excluding carboxylic acids is 1. The number of para-hydroxylation sites is 1. The van der Waals surface area contributed by atoms with E-state index in [2.05, 4.69) is 10.6 Å². The Kier molecular flexibility index (Phi) is 6.76. The van der Waals surface area contributed by atoms with E-state index in [-0.39, 0.29) is 6.03 Å². The second-order valence-corrected chi connectivity index (χ2v) is 4.95. The predicted molar refractivity (Wildman–Crippen MR) is 95.1 cm³/mol. The van der Waals surface area contributed by atoms with Gasteiger partial charge >= 0.3 is 6.03 Å². The maximum absolute atomic E-state index is 11.8. The molecule has 0 saturated heterocycles. The molecule has 2 aromatic rings. The molecule has 134 valence electrons. The van der Waals surface area contributed by atoms with Crippen molar-refractivity contribution in [3.8, 4) is 23.0 Å². The number of carbonyl (C=O) groups is 1. The number of hydrogen-bond donors (Lipinski definition) is 2. The van der Waals surface area contributed by atoms with Crippen LogP contribution in [0, 0.1) is 0 Å². The monoisotopic (exact) mass is 346 g/mol. The molecular weight excluding hydrogens is 324 g/mol. The topological polar surface area (TPSA) is 78.1 Å². The van der Waals surface area contributed by atoms with E-state index in [1.54, 1.807) is 63.8 Å². The first-order chi connectivity index (χ1) is 12.2. The van der Waals surface area contributed by atoms with Gasteiger partial charge in [0.25, 0.3) is 0 Å². The molecule has 2 N–H and O–H groups in total. The lowest BCUT2D eigenvalue weighted by Gasteiger charge is -2.14. The van der Waals surface area contributed by atoms with E-state index in [4.69, 9.17) is 18.9 Å². The molecule has 0 saturated carbocycles. The number of methoxy groups -OCH3 is 3. The van der Waals surface area contributed by atoms with E-state index < -0.39 is 0 Å². The second kappa shape index (κ2) is 9.27. The van der Waals surface area contributed by atoms with Gasteiger partial charge in [-0.3, -0.25) is 0 Å². The molecule has 25 heavy (non-hydrogen) atoms. The van der Waals surface area contributed by atoms with Gasteiger partial charge in [-0.15, -0.1) is 0 Å². The van der Waals surface area contributed by atoms with Crippen molar-refractivity contribution in [1.29, 1.82) is 0 Å². The number of ether oxygens (including phenoxy) is 4. The van der Waals surface area contributed by atoms with Crippen LogP contribution in [0.1, 0.15) is 0 Å². The summed E-state index contributed by atoms with van der Waals surface area (Å²) in [6.45, 7) is 0.627. The minimum absolute atomic E-state index is 0.291. The van der Waals surface area contributed by atoms with Crippen LogP contribution in [-0.4, -0.2) is 40.5 Å². The van der Waals surface area contributed by atoms with Crippen LogP contribution in [0.3, 0.4) is 0 Å². The van der Waals surface area contributed by atoms with E-state index in [9.17, 15) is 4.79 Å². The summed E-state index contributed by atoms with van der Waals surface area (Å²) in [5.74, 6) is 2.39. The van der Waals surface area contributed by atoms with Gasteiger partial charge in [0.15, 0.2) is 11.5 Å². The Morgan fingerprint density at radius 1 is 0.920 bits per heavy atom. The zero-order chi connectivity index (χ0) is 18.1. The highest BCUT2D eigenvalue weighted by Crippen LogP contribution is 2.36. The molecule has 0 bridgehead atoms. The zero-order valence-electron chi connectivity index (χ0n) is 14.5. The highest BCUT2D eigenvalue weighted by atomic mass is 16.5. The quantitative estimate of drug-likeness (QED) is 0.719. The SMILES string of the molecule is COc1ccc(NC(=O)NCCOc2cccc(OC)c2OC)cc1. The molecular formula is C18H22N2O5. The van der Waals surface area contributed by atoms with Crippen molar-refractivity contribution in [3.63, 3.8) is 0 Å². The molecule has 0 aliphatic heterocycles. The minimum Gasteiger partial charge on any atom is -0.497 e. The molecule has 0 aromatic heterocycles. The van der Waals surface area contributed by atoms with E-state index in [1.807, 2.05) is 0 Å². The molecule has 0 fully saturated rings. The van der Waals surface area contributed by atoms with Crippen LogP contribution >= 0.6 is 0 Å². The molecule has 0 heterocycles. The van der Waals surface area contributed by atoms with Crippen LogP contribution in [0.4, 0.5) is 10.5 Å². The number of hydrogen-bond acceptors (Lipinski definition) is 5. The van der Waals surface area contributed by atoms with E-state index in [0.717, 1.165) is 5.75 Å². The largest absolute Gasteiger partial charge is 0.497 e. The second-order valence-electron chi connectivity index (χ2n) is 4.95. The van der Waals surface area contributed by atoms with Gasteiger partial charge < -0.3 is 29.6 Å². The lowest BCUT2D eigenvalue weighted by Crippen LogP contribution is -2.32. The average Bonchev–Trinajstić information content (AvgIpc) is 2.65. The number of rotatable bonds is 8. The summed E-state index contributed by atoms with van der Waals surface area (Å²) < 4.78 is 21.2. The summed E-state index contributed by atoms with van der Waals surface area (Å²) in [6.07, 6.45) is 0. The van der Waals surface area contributed by atoms with Crippen LogP contribution in [0.5, 0.6) is 23.0 Å². The molecule has 7 nitrogen and oxygen atoms in total. The van der Waals surface area contributed by atoms with Gasteiger partial charge in [0, 0.05) is 5.69 Å². The van der Waals surface area contributed by atoms with Crippen molar-refractivity contribution in [2.75, 3.05) is 39.8 Å². The molecule has 0 aliphatic rings. The summed E-state index contributed by atoms with van der Waals surface area (Å²) in [6, 6.07) is 12.1. The highest BCUT2D eigenvalue weighted by molar-refractivity contribution is 5.89. The summed E-state index contributed by atoms with van der Waals surface area (Å²) in [5, 5.41) is 5.44. The van der Waals surface area contributed by atoms with E-state index >= 15 is 0 Å². The van der Waals surface area contributed by atoms with Gasteiger partial charge in [0.1, 0.15) is 12.4 Å². The number of nitrogens with one attached hydrogen (secondary N) is 2. The summed E-state index contributed by atoms with van der Waals surface area (Å²) >= 11 is 0. The molecule has 2 rings (SSSR count). The van der Waals surface area contributed by atoms with Crippen LogP contribution in [-0.2, 0) is 0 Å². The molecule has 0 spiro atoms. The molecule has 0 aliphatic carbocycles. The highest BCUT2D eigenvalue weighted by Gasteiger charge is 2.10. The lowest BCUT2D eigenvalue weighted by atomic mass is 10.3. The first kappa shape index (κ1) is 18.3. The standard InChI is InChI=1S/C18H22N2O5/c1-22-14-9-7-13(8-10-14)20-18(21)19-11-12-25-16-6-4-5-15(23-2)17(16)24-3/h4-10H,11-12H2,1-3H3,(H2,19,20,21). The Bertz CT molecular complexity index is 688. The van der Waals surface area contributed by atoms with Gasteiger partial charge in [0.2, 0.25) is 5.75 Å². The first-order valence-corrected chi connectivity index (χ1v) is 7.70. The molecule has 0 radical (unpaired) electrons. The maximum atomic E-state index is 11.8. The van der Waals surface area contributed by atoms with Gasteiger partial charge in [-0.05, 0) is 36.4 Å². The van der Waals surface area contributed by atoms with Crippen molar-refractivity contribution >= 4 is 11.7 Å². The van der Waals surface area contributed by atoms with E-state index in [1.165, 1.54) is 0 Å². The van der Waals surface area contributed by atoms with Crippen molar-refractivity contribution in [3.05, 3.63) is 42.5 Å². The normalized spacial score (nSPS) is 9.88. The molecule has 0 atom stereocenters. The number of amides is 2. The Hall–Kier alpha value is -3.09. The zero-order valence-corrected chi connectivity index (χ0v) is 14.5. The number of urea groups is 1. The number of anilines is 1. The van der Waals surface area contributed by atoms with Crippen molar-refractivity contribution in [1.82, 2.24) is 5.32 Å². The van der Waals surface area contributed by atoms with E-state index in [0.29, 0.717) is 36.1 Å². The van der Waals surface area contributed by atoms with Gasteiger partial charge in [-0.25, -0.2) is 4.79 Å². The van der Waals surface area contributed by atoms with Crippen LogP contribution in [0.15, 0.2) is 42.5 Å². The van der Waals surface area contributed by atoms with Crippen LogP contribution < -0.4 is 29.6 Å². The third kappa shape index (κ3) is 5.20. The minimum atomic E-state index is -0.314. The van der Waals surface area contributed by atoms with Crippen LogP contribution in [0.2, 0.25) is 0 Å². The van der Waals surface area contributed by atoms with Crippen LogP contribution in [0.25, 0.3) is 0 Å². The Morgan fingerprint density at radius 3 is 2.28 bits per heavy atom. The maximum Gasteiger partial charge on any atom is 0.319 e. The number of benzene rings is 2. The van der Waals surface area contributed by atoms with Crippen molar-refractivity contribution < 1.29 is 23.7 Å². The van der Waals surface area contributed by atoms with Gasteiger partial charge in [-0.2, -0.15) is 0 Å². The third-order valence-electron chi connectivity index (χ3n) is 3.36. The summed E-state index contributed by atoms with van der Waals surface area (Å²) in [4.78, 5) is 11.8. The average molecular weight is 346 g/mol. The smallest absolute Gasteiger partial charge is 0.319 e. The summed E-state index contributed by atoms with van der Waals surface area (Å²) in [7, 11) is 4.70. The fourth-order valence-electron chi connectivity index (χ4n) is 2.15. The van der Waals surface area contributed by atoms with Crippen molar-refractivity contribution in [2.24, 2.45) is 0 Å².